The molecule has 1 heterocycles. The molecule has 0 radical (unpaired) electrons. The number of aliphatic hydroxyl groups is 1. The first-order valence-electron chi connectivity index (χ1n) is 11.7. The Labute approximate surface area is 203 Å². The third-order valence-corrected chi connectivity index (χ3v) is 7.90. The molecule has 3 rings (SSSR count). The SMILES string of the molecule is CC=CC(F)(F)c1ccc(C(CC)(C(O)CC)[N+]2(C)N=Cc3c(CC[S-](C)#[O+])cccc32)cc1. The first kappa shape index (κ1) is 26.5. The summed E-state index contributed by atoms with van der Waals surface area (Å²) >= 11 is 0. The summed E-state index contributed by atoms with van der Waals surface area (Å²) in [5.74, 6) is -2.50. The summed E-state index contributed by atoms with van der Waals surface area (Å²) in [6.07, 6.45) is 6.70. The average molecular weight is 490 g/mol. The van der Waals surface area contributed by atoms with Gasteiger partial charge in [0.1, 0.15) is 0 Å². The molecule has 0 fully saturated rings. The molecule has 1 aliphatic heterocycles. The average Bonchev–Trinajstić information content (AvgIpc) is 3.17. The van der Waals surface area contributed by atoms with E-state index in [2.05, 4.69) is 0 Å². The van der Waals surface area contributed by atoms with Gasteiger partial charge in [-0.25, -0.2) is 0 Å². The number of rotatable bonds is 9. The third kappa shape index (κ3) is 4.47. The molecule has 1 aliphatic rings. The number of fused-ring (bicyclic) bond motifs is 1. The van der Waals surface area contributed by atoms with E-state index in [0.717, 1.165) is 28.5 Å². The van der Waals surface area contributed by atoms with E-state index in [-0.39, 0.29) is 10.2 Å². The van der Waals surface area contributed by atoms with Gasteiger partial charge in [0, 0.05) is 0 Å². The summed E-state index contributed by atoms with van der Waals surface area (Å²) in [6, 6.07) is 12.3. The number of alkyl halides is 2. The van der Waals surface area contributed by atoms with Gasteiger partial charge < -0.3 is 0 Å². The van der Waals surface area contributed by atoms with Crippen LogP contribution in [-0.2, 0) is 32.6 Å². The predicted octanol–water partition coefficient (Wildman–Crippen LogP) is 5.85. The maximum absolute atomic E-state index is 14.5. The van der Waals surface area contributed by atoms with Crippen LogP contribution in [0.4, 0.5) is 14.5 Å². The number of aliphatic hydroxyl groups excluding tert-OH is 1. The van der Waals surface area contributed by atoms with Crippen LogP contribution in [0.15, 0.2) is 59.7 Å². The Hall–Kier alpha value is -2.06. The summed E-state index contributed by atoms with van der Waals surface area (Å²) in [5.41, 5.74) is 2.78. The van der Waals surface area contributed by atoms with Crippen molar-refractivity contribution in [2.24, 2.45) is 5.10 Å². The number of halogens is 2. The molecular formula is C27H35F2N2O2S+. The van der Waals surface area contributed by atoms with Crippen molar-refractivity contribution in [3.05, 3.63) is 76.9 Å². The number of benzene rings is 2. The first-order chi connectivity index (χ1) is 16.1. The van der Waals surface area contributed by atoms with Gasteiger partial charge in [-0.2, -0.15) is 8.78 Å². The van der Waals surface area contributed by atoms with Gasteiger partial charge in [0.25, 0.3) is 5.92 Å². The second-order valence-electron chi connectivity index (χ2n) is 8.98. The zero-order chi connectivity index (χ0) is 25.1. The minimum absolute atomic E-state index is 0.0848. The van der Waals surface area contributed by atoms with Crippen LogP contribution in [0.5, 0.6) is 0 Å². The van der Waals surface area contributed by atoms with Crippen LogP contribution >= 0.6 is 0 Å². The molecule has 0 amide bonds. The van der Waals surface area contributed by atoms with Crippen LogP contribution in [0.2, 0.25) is 0 Å². The van der Waals surface area contributed by atoms with Crippen LogP contribution in [0, 0.1) is 0 Å². The van der Waals surface area contributed by atoms with Crippen LogP contribution in [0.1, 0.15) is 55.9 Å². The maximum atomic E-state index is 14.5. The Morgan fingerprint density at radius 3 is 2.35 bits per heavy atom. The van der Waals surface area contributed by atoms with E-state index in [1.807, 2.05) is 45.3 Å². The zero-order valence-electron chi connectivity index (χ0n) is 20.6. The fourth-order valence-corrected chi connectivity index (χ4v) is 5.77. The number of likely N-dealkylation sites (N-methyl/N-ethyl adjacent to an activating group) is 1. The van der Waals surface area contributed by atoms with Gasteiger partial charge in [0.2, 0.25) is 0 Å². The Morgan fingerprint density at radius 1 is 1.15 bits per heavy atom. The van der Waals surface area contributed by atoms with E-state index < -0.39 is 28.2 Å². The number of hydrogen-bond donors (Lipinski definition) is 1. The van der Waals surface area contributed by atoms with Crippen LogP contribution in [-0.4, -0.2) is 36.5 Å². The molecule has 3 atom stereocenters. The second-order valence-corrected chi connectivity index (χ2v) is 10.5. The molecule has 184 valence electrons. The second kappa shape index (κ2) is 10.3. The number of hydrogen-bond acceptors (Lipinski definition) is 3. The Bertz CT molecular complexity index is 1150. The summed E-state index contributed by atoms with van der Waals surface area (Å²) in [5, 5.41) is 16.4. The number of aryl methyl sites for hydroxylation is 1. The Kier molecular flexibility index (Phi) is 8.03. The zero-order valence-corrected chi connectivity index (χ0v) is 21.4. The predicted molar refractivity (Wildman–Crippen MR) is 138 cm³/mol. The van der Waals surface area contributed by atoms with E-state index in [9.17, 15) is 17.9 Å². The summed E-state index contributed by atoms with van der Waals surface area (Å²) in [7, 11) is 1.06. The molecule has 4 nitrogen and oxygen atoms in total. The van der Waals surface area contributed by atoms with Gasteiger partial charge in [-0.15, -0.1) is 0 Å². The molecule has 0 saturated carbocycles. The molecule has 1 N–H and O–H groups in total. The Morgan fingerprint density at radius 2 is 1.79 bits per heavy atom. The van der Waals surface area contributed by atoms with E-state index >= 15 is 0 Å². The number of allylic oxidation sites excluding steroid dienone is 2. The van der Waals surface area contributed by atoms with Crippen molar-refractivity contribution < 1.29 is 17.9 Å². The molecule has 0 aromatic heterocycles. The molecule has 0 spiro atoms. The molecular weight excluding hydrogens is 454 g/mol. The molecule has 7 heteroatoms. The van der Waals surface area contributed by atoms with Gasteiger partial charge in [-0.3, -0.25) is 0 Å². The van der Waals surface area contributed by atoms with Crippen molar-refractivity contribution in [2.75, 3.05) is 19.1 Å². The fourth-order valence-electron chi connectivity index (χ4n) is 5.26. The van der Waals surface area contributed by atoms with Gasteiger partial charge in [0.05, 0.1) is 0 Å². The minimum atomic E-state index is -3.06. The standard InChI is InChI=1S/C27H35F2N2O2S/c1-6-17-27(28,29)22-14-12-21(13-15-22)26(8-3,25(32)7-2)31(4)24-11-9-10-20(16-18-34(5)33)23(24)19-30-31/h6,9-15,17,19,25,32H,7-8,16,18H2,1-5H3/q+1. The van der Waals surface area contributed by atoms with E-state index in [1.54, 1.807) is 25.3 Å². The van der Waals surface area contributed by atoms with Crippen LogP contribution in [0.25, 0.3) is 0 Å². The molecule has 0 saturated heterocycles. The Balaban J connectivity index is 2.17. The molecule has 34 heavy (non-hydrogen) atoms. The van der Waals surface area contributed by atoms with Crippen LogP contribution < -0.4 is 4.59 Å². The van der Waals surface area contributed by atoms with E-state index in [1.165, 1.54) is 18.2 Å². The summed E-state index contributed by atoms with van der Waals surface area (Å²) in [4.78, 5) is 0. The third-order valence-electron chi connectivity index (χ3n) is 7.12. The first-order valence-corrected chi connectivity index (χ1v) is 13.5. The number of nitrogens with zero attached hydrogens (tertiary/aromatic N) is 2. The van der Waals surface area contributed by atoms with Crippen molar-refractivity contribution in [3.63, 3.8) is 0 Å². The molecule has 0 bridgehead atoms. The van der Waals surface area contributed by atoms with Crippen molar-refractivity contribution in [1.29, 1.82) is 0 Å². The quantitative estimate of drug-likeness (QED) is 0.204. The van der Waals surface area contributed by atoms with Crippen molar-refractivity contribution >= 4 is 22.5 Å². The van der Waals surface area contributed by atoms with Crippen LogP contribution in [0.3, 0.4) is 0 Å². The summed E-state index contributed by atoms with van der Waals surface area (Å²) in [6.45, 7) is 5.49. The van der Waals surface area contributed by atoms with Crippen molar-refractivity contribution in [3.8, 4) is 0 Å². The topological polar surface area (TPSA) is 52.5 Å². The fraction of sp³-hybridized carbons (Fsp3) is 0.444. The van der Waals surface area contributed by atoms with Gasteiger partial charge in [0.15, 0.2) is 0 Å². The van der Waals surface area contributed by atoms with Crippen molar-refractivity contribution in [2.45, 2.75) is 57.6 Å². The molecule has 3 unspecified atom stereocenters. The normalized spacial score (nSPS) is 20.6. The van der Waals surface area contributed by atoms with Gasteiger partial charge >= 0.3 is 170 Å². The van der Waals surface area contributed by atoms with Crippen molar-refractivity contribution in [1.82, 2.24) is 4.59 Å². The van der Waals surface area contributed by atoms with E-state index in [0.29, 0.717) is 25.0 Å². The molecule has 2 aromatic rings. The van der Waals surface area contributed by atoms with Gasteiger partial charge in [-0.05, 0) is 13.0 Å². The summed E-state index contributed by atoms with van der Waals surface area (Å²) < 4.78 is 40.7. The van der Waals surface area contributed by atoms with Gasteiger partial charge in [-0.1, -0.05) is 6.08 Å². The van der Waals surface area contributed by atoms with E-state index in [4.69, 9.17) is 5.10 Å². The molecule has 0 aliphatic carbocycles. The monoisotopic (exact) mass is 489 g/mol. The molecule has 2 aromatic carbocycles. The number of quaternary nitrogens is 1.